The van der Waals surface area contributed by atoms with E-state index in [1.165, 1.54) is 12.8 Å². The largest absolute Gasteiger partial charge is 0.462 e. The summed E-state index contributed by atoms with van der Waals surface area (Å²) in [6.07, 6.45) is 6.23. The Kier molecular flexibility index (Phi) is 4.50. The topological polar surface area (TPSA) is 49.5 Å². The molecule has 1 saturated carbocycles. The molecule has 0 aliphatic heterocycles. The van der Waals surface area contributed by atoms with Gasteiger partial charge in [0.05, 0.1) is 12.0 Å². The minimum absolute atomic E-state index is 0.290. The number of furan rings is 1. The minimum Gasteiger partial charge on any atom is -0.462 e. The monoisotopic (exact) mass is 292 g/mol. The molecule has 3 rings (SSSR count). The van der Waals surface area contributed by atoms with Crippen LogP contribution in [-0.4, -0.2) is 34.2 Å². The van der Waals surface area contributed by atoms with Crippen LogP contribution in [0, 0.1) is 0 Å². The highest BCUT2D eigenvalue weighted by molar-refractivity contribution is 7.13. The Hall–Kier alpha value is -1.17. The summed E-state index contributed by atoms with van der Waals surface area (Å²) in [6.45, 7) is 2.25. The maximum atomic E-state index is 8.89. The van der Waals surface area contributed by atoms with Crippen LogP contribution in [-0.2, 0) is 6.54 Å². The maximum Gasteiger partial charge on any atom is 0.162 e. The summed E-state index contributed by atoms with van der Waals surface area (Å²) >= 11 is 1.64. The molecule has 0 atom stereocenters. The van der Waals surface area contributed by atoms with Crippen LogP contribution in [0.5, 0.6) is 0 Å². The van der Waals surface area contributed by atoms with Gasteiger partial charge in [0.15, 0.2) is 10.8 Å². The number of unbranched alkanes of at least 4 members (excludes halogenated alkanes) is 1. The minimum atomic E-state index is 0.290. The lowest BCUT2D eigenvalue weighted by Crippen LogP contribution is -2.27. The van der Waals surface area contributed by atoms with E-state index in [0.717, 1.165) is 48.4 Å². The Morgan fingerprint density at radius 1 is 1.40 bits per heavy atom. The molecule has 2 aromatic heterocycles. The standard InChI is InChI=1S/C15H20N2O2S/c18-8-2-1-7-17(13-5-6-13)10-12-11-20-15(16-12)14-4-3-9-19-14/h3-4,9,11,13,18H,1-2,5-8,10H2. The predicted molar refractivity (Wildman–Crippen MR) is 79.6 cm³/mol. The molecule has 2 heterocycles. The molecule has 0 amide bonds. The number of aliphatic hydroxyl groups is 1. The fraction of sp³-hybridized carbons (Fsp3) is 0.533. The molecule has 0 bridgehead atoms. The lowest BCUT2D eigenvalue weighted by Gasteiger charge is -2.20. The smallest absolute Gasteiger partial charge is 0.162 e. The maximum absolute atomic E-state index is 8.89. The third-order valence-corrected chi connectivity index (χ3v) is 4.47. The summed E-state index contributed by atoms with van der Waals surface area (Å²) in [5, 5.41) is 12.0. The van der Waals surface area contributed by atoms with Crippen LogP contribution >= 0.6 is 11.3 Å². The highest BCUT2D eigenvalue weighted by Crippen LogP contribution is 2.30. The van der Waals surface area contributed by atoms with Crippen molar-refractivity contribution >= 4 is 11.3 Å². The highest BCUT2D eigenvalue weighted by atomic mass is 32.1. The first-order valence-electron chi connectivity index (χ1n) is 7.20. The fourth-order valence-electron chi connectivity index (χ4n) is 2.36. The number of rotatable bonds is 8. The van der Waals surface area contributed by atoms with Crippen molar-refractivity contribution in [2.45, 2.75) is 38.3 Å². The molecule has 1 aliphatic rings. The van der Waals surface area contributed by atoms with Gasteiger partial charge in [-0.05, 0) is 44.4 Å². The quantitative estimate of drug-likeness (QED) is 0.759. The van der Waals surface area contributed by atoms with Gasteiger partial charge >= 0.3 is 0 Å². The molecule has 20 heavy (non-hydrogen) atoms. The van der Waals surface area contributed by atoms with E-state index >= 15 is 0 Å². The first-order valence-corrected chi connectivity index (χ1v) is 8.08. The van der Waals surface area contributed by atoms with E-state index in [1.807, 2.05) is 12.1 Å². The lowest BCUT2D eigenvalue weighted by molar-refractivity contribution is 0.227. The molecule has 0 unspecified atom stereocenters. The van der Waals surface area contributed by atoms with E-state index < -0.39 is 0 Å². The summed E-state index contributed by atoms with van der Waals surface area (Å²) in [7, 11) is 0. The number of nitrogens with zero attached hydrogens (tertiary/aromatic N) is 2. The van der Waals surface area contributed by atoms with Gasteiger partial charge in [-0.2, -0.15) is 0 Å². The second kappa shape index (κ2) is 6.52. The van der Waals surface area contributed by atoms with Crippen LogP contribution in [0.25, 0.3) is 10.8 Å². The van der Waals surface area contributed by atoms with Crippen LogP contribution in [0.2, 0.25) is 0 Å². The summed E-state index contributed by atoms with van der Waals surface area (Å²) in [4.78, 5) is 7.16. The molecule has 0 saturated heterocycles. The van der Waals surface area contributed by atoms with Gasteiger partial charge in [0.2, 0.25) is 0 Å². The zero-order valence-electron chi connectivity index (χ0n) is 11.5. The van der Waals surface area contributed by atoms with Crippen molar-refractivity contribution in [3.63, 3.8) is 0 Å². The van der Waals surface area contributed by atoms with Crippen molar-refractivity contribution in [2.75, 3.05) is 13.2 Å². The number of aliphatic hydroxyl groups excluding tert-OH is 1. The van der Waals surface area contributed by atoms with Crippen LogP contribution in [0.4, 0.5) is 0 Å². The fourth-order valence-corrected chi connectivity index (χ4v) is 3.14. The third kappa shape index (κ3) is 3.48. The average molecular weight is 292 g/mol. The van der Waals surface area contributed by atoms with Crippen LogP contribution < -0.4 is 0 Å². The molecule has 108 valence electrons. The van der Waals surface area contributed by atoms with Crippen LogP contribution in [0.3, 0.4) is 0 Å². The predicted octanol–water partition coefficient (Wildman–Crippen LogP) is 3.14. The normalized spacial score (nSPS) is 15.1. The van der Waals surface area contributed by atoms with Gasteiger partial charge in [-0.1, -0.05) is 0 Å². The number of aromatic nitrogens is 1. The summed E-state index contributed by atoms with van der Waals surface area (Å²) in [6, 6.07) is 4.56. The average Bonchev–Trinajstić information content (AvgIpc) is 2.97. The molecular weight excluding hydrogens is 272 g/mol. The molecule has 1 N–H and O–H groups in total. The van der Waals surface area contributed by atoms with Crippen LogP contribution in [0.15, 0.2) is 28.2 Å². The zero-order chi connectivity index (χ0) is 13.8. The Balaban J connectivity index is 1.60. The van der Waals surface area contributed by atoms with Crippen molar-refractivity contribution in [1.82, 2.24) is 9.88 Å². The molecule has 1 aliphatic carbocycles. The summed E-state index contributed by atoms with van der Waals surface area (Å²) in [5.41, 5.74) is 1.12. The van der Waals surface area contributed by atoms with Crippen molar-refractivity contribution in [3.8, 4) is 10.8 Å². The molecule has 5 heteroatoms. The molecule has 0 radical (unpaired) electrons. The molecule has 0 aromatic carbocycles. The van der Waals surface area contributed by atoms with Gasteiger partial charge in [0.25, 0.3) is 0 Å². The second-order valence-electron chi connectivity index (χ2n) is 5.25. The SMILES string of the molecule is OCCCCN(Cc1csc(-c2ccco2)n1)C1CC1. The van der Waals surface area contributed by atoms with Gasteiger partial charge in [-0.15, -0.1) is 11.3 Å². The van der Waals surface area contributed by atoms with Gasteiger partial charge in [-0.25, -0.2) is 4.98 Å². The van der Waals surface area contributed by atoms with E-state index in [2.05, 4.69) is 15.3 Å². The molecular formula is C15H20N2O2S. The molecule has 2 aromatic rings. The highest BCUT2D eigenvalue weighted by Gasteiger charge is 2.29. The Labute approximate surface area is 123 Å². The van der Waals surface area contributed by atoms with Gasteiger partial charge in [0, 0.05) is 24.6 Å². The van der Waals surface area contributed by atoms with Crippen molar-refractivity contribution in [3.05, 3.63) is 29.5 Å². The number of thiazole rings is 1. The van der Waals surface area contributed by atoms with Crippen molar-refractivity contribution in [2.24, 2.45) is 0 Å². The van der Waals surface area contributed by atoms with E-state index in [1.54, 1.807) is 17.6 Å². The van der Waals surface area contributed by atoms with Gasteiger partial charge in [0.1, 0.15) is 0 Å². The second-order valence-corrected chi connectivity index (χ2v) is 6.11. The van der Waals surface area contributed by atoms with Crippen LogP contribution in [0.1, 0.15) is 31.4 Å². The number of hydrogen-bond acceptors (Lipinski definition) is 5. The number of hydrogen-bond donors (Lipinski definition) is 1. The van der Waals surface area contributed by atoms with E-state index in [0.29, 0.717) is 0 Å². The first-order chi connectivity index (χ1) is 9.86. The Bertz CT molecular complexity index is 520. The van der Waals surface area contributed by atoms with E-state index in [-0.39, 0.29) is 6.61 Å². The lowest BCUT2D eigenvalue weighted by atomic mass is 10.3. The zero-order valence-corrected chi connectivity index (χ0v) is 12.3. The van der Waals surface area contributed by atoms with Crippen molar-refractivity contribution in [1.29, 1.82) is 0 Å². The van der Waals surface area contributed by atoms with Gasteiger partial charge < -0.3 is 9.52 Å². The first kappa shape index (κ1) is 13.8. The summed E-state index contributed by atoms with van der Waals surface area (Å²) in [5.74, 6) is 0.847. The molecule has 4 nitrogen and oxygen atoms in total. The van der Waals surface area contributed by atoms with E-state index in [9.17, 15) is 0 Å². The molecule has 1 fully saturated rings. The van der Waals surface area contributed by atoms with Gasteiger partial charge in [-0.3, -0.25) is 4.90 Å². The Morgan fingerprint density at radius 3 is 3.00 bits per heavy atom. The van der Waals surface area contributed by atoms with E-state index in [4.69, 9.17) is 9.52 Å². The Morgan fingerprint density at radius 2 is 2.30 bits per heavy atom. The third-order valence-electron chi connectivity index (χ3n) is 3.57. The van der Waals surface area contributed by atoms with Crippen molar-refractivity contribution < 1.29 is 9.52 Å². The summed E-state index contributed by atoms with van der Waals surface area (Å²) < 4.78 is 5.38. The molecule has 0 spiro atoms.